The number of thioether (sulfide) groups is 1. The van der Waals surface area contributed by atoms with Gasteiger partial charge in [0.05, 0.1) is 20.8 Å². The van der Waals surface area contributed by atoms with Gasteiger partial charge in [-0.05, 0) is 44.2 Å². The highest BCUT2D eigenvalue weighted by Crippen LogP contribution is 2.24. The predicted molar refractivity (Wildman–Crippen MR) is 103 cm³/mol. The predicted octanol–water partition coefficient (Wildman–Crippen LogP) is 2.34. The minimum Gasteiger partial charge on any atom is -0.497 e. The Bertz CT molecular complexity index is 875. The third-order valence-electron chi connectivity index (χ3n) is 3.73. The lowest BCUT2D eigenvalue weighted by molar-refractivity contribution is 0.335. The summed E-state index contributed by atoms with van der Waals surface area (Å²) in [7, 11) is 3.15. The highest BCUT2D eigenvalue weighted by molar-refractivity contribution is 7.99. The maximum absolute atomic E-state index is 13.1. The SMILES string of the molecule is CCSc1nc(=O)n(C(C)(C)C)c(=O)n1Cc1cc(OC)cc(OC)c1. The molecule has 0 spiro atoms. The number of ether oxygens (including phenoxy) is 2. The first-order chi connectivity index (χ1) is 12.2. The van der Waals surface area contributed by atoms with Crippen LogP contribution in [0.4, 0.5) is 0 Å². The van der Waals surface area contributed by atoms with Gasteiger partial charge in [0.2, 0.25) is 0 Å². The largest absolute Gasteiger partial charge is 0.497 e. The molecule has 0 amide bonds. The van der Waals surface area contributed by atoms with Gasteiger partial charge in [-0.2, -0.15) is 4.98 Å². The van der Waals surface area contributed by atoms with Crippen molar-refractivity contribution in [1.29, 1.82) is 0 Å². The lowest BCUT2D eigenvalue weighted by Gasteiger charge is -2.23. The Kier molecular flexibility index (Phi) is 6.17. The van der Waals surface area contributed by atoms with E-state index < -0.39 is 11.2 Å². The molecule has 0 saturated carbocycles. The summed E-state index contributed by atoms with van der Waals surface area (Å²) in [4.78, 5) is 29.6. The Morgan fingerprint density at radius 2 is 1.65 bits per heavy atom. The topological polar surface area (TPSA) is 75.4 Å². The fraction of sp³-hybridized carbons (Fsp3) is 0.500. The number of nitrogens with zero attached hydrogens (tertiary/aromatic N) is 3. The zero-order chi connectivity index (χ0) is 19.5. The fourth-order valence-corrected chi connectivity index (χ4v) is 3.26. The van der Waals surface area contributed by atoms with Crippen LogP contribution >= 0.6 is 11.8 Å². The highest BCUT2D eigenvalue weighted by Gasteiger charge is 2.22. The van der Waals surface area contributed by atoms with Crippen molar-refractivity contribution in [3.05, 3.63) is 44.7 Å². The lowest BCUT2D eigenvalue weighted by Crippen LogP contribution is -2.49. The second-order valence-corrected chi connectivity index (χ2v) is 7.94. The molecule has 0 fully saturated rings. The van der Waals surface area contributed by atoms with Crippen LogP contribution in [0.2, 0.25) is 0 Å². The van der Waals surface area contributed by atoms with E-state index in [2.05, 4.69) is 4.98 Å². The number of benzene rings is 1. The molecule has 0 radical (unpaired) electrons. The summed E-state index contributed by atoms with van der Waals surface area (Å²) in [6.45, 7) is 7.64. The Balaban J connectivity index is 2.65. The van der Waals surface area contributed by atoms with E-state index >= 15 is 0 Å². The van der Waals surface area contributed by atoms with Crippen LogP contribution in [-0.2, 0) is 12.1 Å². The van der Waals surface area contributed by atoms with Crippen LogP contribution in [0.15, 0.2) is 32.9 Å². The van der Waals surface area contributed by atoms with Crippen LogP contribution in [0.1, 0.15) is 33.3 Å². The van der Waals surface area contributed by atoms with E-state index in [-0.39, 0.29) is 12.2 Å². The minimum atomic E-state index is -0.662. The average Bonchev–Trinajstić information content (AvgIpc) is 2.56. The molecule has 1 aromatic heterocycles. The van der Waals surface area contributed by atoms with Crippen molar-refractivity contribution in [2.45, 2.75) is 44.9 Å². The van der Waals surface area contributed by atoms with Crippen molar-refractivity contribution in [1.82, 2.24) is 14.1 Å². The van der Waals surface area contributed by atoms with Gasteiger partial charge in [-0.25, -0.2) is 14.2 Å². The van der Waals surface area contributed by atoms with Crippen molar-refractivity contribution in [2.75, 3.05) is 20.0 Å². The van der Waals surface area contributed by atoms with Gasteiger partial charge in [-0.1, -0.05) is 18.7 Å². The molecule has 26 heavy (non-hydrogen) atoms. The molecular formula is C18H25N3O4S. The fourth-order valence-electron chi connectivity index (χ4n) is 2.57. The molecule has 0 aliphatic rings. The van der Waals surface area contributed by atoms with Crippen molar-refractivity contribution in [3.8, 4) is 11.5 Å². The molecule has 0 atom stereocenters. The Morgan fingerprint density at radius 1 is 1.08 bits per heavy atom. The number of hydrogen-bond donors (Lipinski definition) is 0. The highest BCUT2D eigenvalue weighted by atomic mass is 32.2. The Labute approximate surface area is 157 Å². The summed E-state index contributed by atoms with van der Waals surface area (Å²) in [6, 6.07) is 5.44. The zero-order valence-corrected chi connectivity index (χ0v) is 16.8. The van der Waals surface area contributed by atoms with Gasteiger partial charge in [-0.15, -0.1) is 0 Å². The molecule has 0 aliphatic carbocycles. The maximum Gasteiger partial charge on any atom is 0.354 e. The third-order valence-corrected chi connectivity index (χ3v) is 4.59. The number of aromatic nitrogens is 3. The van der Waals surface area contributed by atoms with E-state index in [0.29, 0.717) is 22.4 Å². The first kappa shape index (κ1) is 20.1. The van der Waals surface area contributed by atoms with Gasteiger partial charge in [0.25, 0.3) is 0 Å². The summed E-state index contributed by atoms with van der Waals surface area (Å²) in [5.74, 6) is 1.97. The van der Waals surface area contributed by atoms with Gasteiger partial charge in [0.15, 0.2) is 5.16 Å². The van der Waals surface area contributed by atoms with Gasteiger partial charge in [0.1, 0.15) is 11.5 Å². The van der Waals surface area contributed by atoms with Gasteiger partial charge < -0.3 is 9.47 Å². The summed E-state index contributed by atoms with van der Waals surface area (Å²) in [5.41, 5.74) is -0.750. The molecule has 2 rings (SSSR count). The number of methoxy groups -OCH3 is 2. The normalized spacial score (nSPS) is 11.5. The van der Waals surface area contributed by atoms with E-state index in [1.54, 1.807) is 20.3 Å². The molecule has 142 valence electrons. The van der Waals surface area contributed by atoms with E-state index in [1.807, 2.05) is 39.8 Å². The monoisotopic (exact) mass is 379 g/mol. The Hall–Kier alpha value is -2.22. The van der Waals surface area contributed by atoms with E-state index in [4.69, 9.17) is 9.47 Å². The molecule has 0 unspecified atom stereocenters. The van der Waals surface area contributed by atoms with Crippen molar-refractivity contribution in [2.24, 2.45) is 0 Å². The zero-order valence-electron chi connectivity index (χ0n) is 16.0. The summed E-state index contributed by atoms with van der Waals surface area (Å²) in [6.07, 6.45) is 0. The molecule has 0 bridgehead atoms. The van der Waals surface area contributed by atoms with Crippen molar-refractivity contribution < 1.29 is 9.47 Å². The van der Waals surface area contributed by atoms with Crippen LogP contribution < -0.4 is 20.9 Å². The van der Waals surface area contributed by atoms with Crippen LogP contribution in [0.3, 0.4) is 0 Å². The molecule has 0 aliphatic heterocycles. The maximum atomic E-state index is 13.1. The van der Waals surface area contributed by atoms with Crippen LogP contribution in [-0.4, -0.2) is 34.1 Å². The lowest BCUT2D eigenvalue weighted by atomic mass is 10.1. The first-order valence-electron chi connectivity index (χ1n) is 8.30. The van der Waals surface area contributed by atoms with Crippen LogP contribution in [0.5, 0.6) is 11.5 Å². The van der Waals surface area contributed by atoms with Gasteiger partial charge in [0, 0.05) is 11.6 Å². The van der Waals surface area contributed by atoms with Crippen LogP contribution in [0.25, 0.3) is 0 Å². The smallest absolute Gasteiger partial charge is 0.354 e. The molecule has 0 N–H and O–H groups in total. The summed E-state index contributed by atoms with van der Waals surface area (Å²) in [5, 5.41) is 0.407. The molecular weight excluding hydrogens is 354 g/mol. The molecule has 8 heteroatoms. The minimum absolute atomic E-state index is 0.262. The van der Waals surface area contributed by atoms with Crippen LogP contribution in [0, 0.1) is 0 Å². The molecule has 1 aromatic carbocycles. The molecule has 2 aromatic rings. The Morgan fingerprint density at radius 3 is 2.12 bits per heavy atom. The molecule has 1 heterocycles. The van der Waals surface area contributed by atoms with Gasteiger partial charge >= 0.3 is 11.4 Å². The number of hydrogen-bond acceptors (Lipinski definition) is 6. The summed E-state index contributed by atoms with van der Waals surface area (Å²) >= 11 is 1.36. The van der Waals surface area contributed by atoms with Crippen molar-refractivity contribution in [3.63, 3.8) is 0 Å². The van der Waals surface area contributed by atoms with E-state index in [0.717, 1.165) is 5.56 Å². The second-order valence-electron chi connectivity index (χ2n) is 6.71. The quantitative estimate of drug-likeness (QED) is 0.717. The molecule has 0 saturated heterocycles. The number of rotatable bonds is 6. The third kappa shape index (κ3) is 4.30. The van der Waals surface area contributed by atoms with Gasteiger partial charge in [-0.3, -0.25) is 4.57 Å². The van der Waals surface area contributed by atoms with E-state index in [1.165, 1.54) is 20.9 Å². The second kappa shape index (κ2) is 7.99. The van der Waals surface area contributed by atoms with Crippen molar-refractivity contribution >= 4 is 11.8 Å². The molecule has 7 nitrogen and oxygen atoms in total. The first-order valence-corrected chi connectivity index (χ1v) is 9.29. The van der Waals surface area contributed by atoms with E-state index in [9.17, 15) is 9.59 Å². The summed E-state index contributed by atoms with van der Waals surface area (Å²) < 4.78 is 13.3. The standard InChI is InChI=1S/C18H25N3O4S/c1-7-26-16-19-15(22)21(18(2,3)4)17(23)20(16)11-12-8-13(24-5)10-14(9-12)25-6/h8-10H,7,11H2,1-6H3. The average molecular weight is 379 g/mol.